The van der Waals surface area contributed by atoms with E-state index in [1.54, 1.807) is 24.3 Å². The molecule has 1 aromatic carbocycles. The molecule has 5 nitrogen and oxygen atoms in total. The van der Waals surface area contributed by atoms with Crippen LogP contribution in [0.4, 0.5) is 0 Å². The molecule has 0 radical (unpaired) electrons. The smallest absolute Gasteiger partial charge is 0.251 e. The second kappa shape index (κ2) is 9.87. The van der Waals surface area contributed by atoms with Crippen LogP contribution < -0.4 is 15.4 Å². The van der Waals surface area contributed by atoms with Crippen molar-refractivity contribution in [2.24, 2.45) is 5.92 Å². The van der Waals surface area contributed by atoms with Crippen LogP contribution in [0.5, 0.6) is 5.75 Å². The quantitative estimate of drug-likeness (QED) is 0.688. The molecule has 0 bridgehead atoms. The van der Waals surface area contributed by atoms with Crippen LogP contribution in [0, 0.1) is 5.92 Å². The van der Waals surface area contributed by atoms with Crippen molar-refractivity contribution in [3.8, 4) is 5.75 Å². The van der Waals surface area contributed by atoms with Crippen molar-refractivity contribution in [2.45, 2.75) is 46.6 Å². The van der Waals surface area contributed by atoms with Crippen molar-refractivity contribution in [3.63, 3.8) is 0 Å². The predicted molar refractivity (Wildman–Crippen MR) is 91.6 cm³/mol. The Bertz CT molecular complexity index is 497. The maximum atomic E-state index is 12.3. The number of hydrogen-bond acceptors (Lipinski definition) is 3. The van der Waals surface area contributed by atoms with E-state index in [1.165, 1.54) is 0 Å². The molecule has 0 heterocycles. The molecular weight excluding hydrogens is 292 g/mol. The number of carbonyl (C=O) groups is 2. The van der Waals surface area contributed by atoms with Gasteiger partial charge in [-0.15, -0.1) is 0 Å². The summed E-state index contributed by atoms with van der Waals surface area (Å²) in [5.41, 5.74) is 0.514. The number of ether oxygens (including phenoxy) is 1. The highest BCUT2D eigenvalue weighted by atomic mass is 16.5. The molecular formula is C18H28N2O3. The molecule has 0 saturated heterocycles. The summed E-state index contributed by atoms with van der Waals surface area (Å²) in [4.78, 5) is 24.6. The normalized spacial score (nSPS) is 11.9. The molecule has 0 aliphatic rings. The van der Waals surface area contributed by atoms with Gasteiger partial charge in [-0.2, -0.15) is 0 Å². The molecule has 0 saturated carbocycles. The van der Waals surface area contributed by atoms with E-state index in [2.05, 4.69) is 17.6 Å². The van der Waals surface area contributed by atoms with Crippen LogP contribution >= 0.6 is 0 Å². The van der Waals surface area contributed by atoms with Gasteiger partial charge in [-0.3, -0.25) is 9.59 Å². The zero-order valence-electron chi connectivity index (χ0n) is 14.5. The predicted octanol–water partition coefficient (Wildman–Crippen LogP) is 2.76. The minimum Gasteiger partial charge on any atom is -0.494 e. The Hall–Kier alpha value is -2.04. The first-order chi connectivity index (χ1) is 11.0. The molecule has 1 rings (SSSR count). The molecule has 0 spiro atoms. The summed E-state index contributed by atoms with van der Waals surface area (Å²) < 4.78 is 5.36. The highest BCUT2D eigenvalue weighted by Crippen LogP contribution is 2.13. The number of amides is 2. The van der Waals surface area contributed by atoms with E-state index >= 15 is 0 Å². The molecule has 0 unspecified atom stereocenters. The van der Waals surface area contributed by atoms with E-state index in [0.717, 1.165) is 18.6 Å². The molecule has 23 heavy (non-hydrogen) atoms. The molecule has 5 heteroatoms. The number of carbonyl (C=O) groups excluding carboxylic acids is 2. The van der Waals surface area contributed by atoms with E-state index in [4.69, 9.17) is 4.74 Å². The fraction of sp³-hybridized carbons (Fsp3) is 0.556. The van der Waals surface area contributed by atoms with Gasteiger partial charge in [-0.05, 0) is 43.5 Å². The summed E-state index contributed by atoms with van der Waals surface area (Å²) in [6.07, 6.45) is 1.95. The molecule has 0 aliphatic heterocycles. The first kappa shape index (κ1) is 19.0. The average molecular weight is 320 g/mol. The van der Waals surface area contributed by atoms with Gasteiger partial charge < -0.3 is 15.4 Å². The zero-order valence-corrected chi connectivity index (χ0v) is 14.5. The van der Waals surface area contributed by atoms with Crippen molar-refractivity contribution in [3.05, 3.63) is 29.8 Å². The van der Waals surface area contributed by atoms with E-state index in [-0.39, 0.29) is 17.7 Å². The average Bonchev–Trinajstić information content (AvgIpc) is 2.53. The molecule has 1 aromatic rings. The lowest BCUT2D eigenvalue weighted by molar-refractivity contribution is -0.123. The van der Waals surface area contributed by atoms with Crippen molar-refractivity contribution in [2.75, 3.05) is 13.2 Å². The number of unbranched alkanes of at least 4 members (excludes halogenated alkanes) is 1. The molecule has 128 valence electrons. The number of benzene rings is 1. The van der Waals surface area contributed by atoms with Gasteiger partial charge in [0.2, 0.25) is 5.91 Å². The van der Waals surface area contributed by atoms with Crippen LogP contribution in [0.25, 0.3) is 0 Å². The van der Waals surface area contributed by atoms with Crippen LogP contribution in [-0.4, -0.2) is 31.0 Å². The summed E-state index contributed by atoms with van der Waals surface area (Å²) in [7, 11) is 0. The summed E-state index contributed by atoms with van der Waals surface area (Å²) >= 11 is 0. The summed E-state index contributed by atoms with van der Waals surface area (Å²) in [6.45, 7) is 9.03. The van der Waals surface area contributed by atoms with Gasteiger partial charge in [-0.25, -0.2) is 0 Å². The highest BCUT2D eigenvalue weighted by Gasteiger charge is 2.24. The van der Waals surface area contributed by atoms with Gasteiger partial charge in [0.05, 0.1) is 6.61 Å². The minimum absolute atomic E-state index is 0.0169. The standard InChI is InChI=1S/C18H28N2O3/c1-5-7-12-19-18(22)16(13(3)4)20-17(21)14-8-10-15(11-9-14)23-6-2/h8-11,13,16H,5-7,12H2,1-4H3,(H,19,22)(H,20,21)/t16-/m0/s1. The van der Waals surface area contributed by atoms with Gasteiger partial charge in [0, 0.05) is 12.1 Å². The molecule has 2 N–H and O–H groups in total. The zero-order chi connectivity index (χ0) is 17.2. The van der Waals surface area contributed by atoms with E-state index < -0.39 is 6.04 Å². The number of rotatable bonds is 9. The van der Waals surface area contributed by atoms with Crippen molar-refractivity contribution in [1.82, 2.24) is 10.6 Å². The highest BCUT2D eigenvalue weighted by molar-refractivity contribution is 5.97. The lowest BCUT2D eigenvalue weighted by atomic mass is 10.0. The van der Waals surface area contributed by atoms with Crippen LogP contribution in [0.1, 0.15) is 50.9 Å². The van der Waals surface area contributed by atoms with Gasteiger partial charge in [0.1, 0.15) is 11.8 Å². The summed E-state index contributed by atoms with van der Waals surface area (Å²) in [6, 6.07) is 6.37. The minimum atomic E-state index is -0.536. The van der Waals surface area contributed by atoms with Crippen molar-refractivity contribution < 1.29 is 14.3 Å². The van der Waals surface area contributed by atoms with Crippen LogP contribution in [0.15, 0.2) is 24.3 Å². The Morgan fingerprint density at radius 3 is 2.30 bits per heavy atom. The van der Waals surface area contributed by atoms with Crippen LogP contribution in [-0.2, 0) is 4.79 Å². The first-order valence-corrected chi connectivity index (χ1v) is 8.31. The maximum absolute atomic E-state index is 12.3. The topological polar surface area (TPSA) is 67.4 Å². The van der Waals surface area contributed by atoms with Gasteiger partial charge in [0.15, 0.2) is 0 Å². The summed E-state index contributed by atoms with van der Waals surface area (Å²) in [5, 5.41) is 5.69. The van der Waals surface area contributed by atoms with Crippen LogP contribution in [0.3, 0.4) is 0 Å². The SMILES string of the molecule is CCCCNC(=O)[C@@H](NC(=O)c1ccc(OCC)cc1)C(C)C. The second-order valence-electron chi connectivity index (χ2n) is 5.80. The number of nitrogens with one attached hydrogen (secondary N) is 2. The Morgan fingerprint density at radius 1 is 1.13 bits per heavy atom. The maximum Gasteiger partial charge on any atom is 0.251 e. The number of hydrogen-bond donors (Lipinski definition) is 2. The van der Waals surface area contributed by atoms with E-state index in [9.17, 15) is 9.59 Å². The van der Waals surface area contributed by atoms with E-state index in [1.807, 2.05) is 20.8 Å². The van der Waals surface area contributed by atoms with Crippen molar-refractivity contribution >= 4 is 11.8 Å². The van der Waals surface area contributed by atoms with E-state index in [0.29, 0.717) is 18.7 Å². The van der Waals surface area contributed by atoms with Gasteiger partial charge in [0.25, 0.3) is 5.91 Å². The van der Waals surface area contributed by atoms with Gasteiger partial charge >= 0.3 is 0 Å². The van der Waals surface area contributed by atoms with Crippen LogP contribution in [0.2, 0.25) is 0 Å². The molecule has 0 fully saturated rings. The Kier molecular flexibility index (Phi) is 8.16. The lowest BCUT2D eigenvalue weighted by Crippen LogP contribution is -2.49. The Labute approximate surface area is 138 Å². The molecule has 1 atom stereocenters. The molecule has 0 aromatic heterocycles. The third kappa shape index (κ3) is 6.30. The monoisotopic (exact) mass is 320 g/mol. The molecule has 2 amide bonds. The van der Waals surface area contributed by atoms with Crippen molar-refractivity contribution in [1.29, 1.82) is 0 Å². The fourth-order valence-corrected chi connectivity index (χ4v) is 2.13. The van der Waals surface area contributed by atoms with Gasteiger partial charge in [-0.1, -0.05) is 27.2 Å². The largest absolute Gasteiger partial charge is 0.494 e. The summed E-state index contributed by atoms with van der Waals surface area (Å²) in [5.74, 6) is 0.357. The lowest BCUT2D eigenvalue weighted by Gasteiger charge is -2.21. The fourth-order valence-electron chi connectivity index (χ4n) is 2.13. The first-order valence-electron chi connectivity index (χ1n) is 8.31. The second-order valence-corrected chi connectivity index (χ2v) is 5.80. The molecule has 0 aliphatic carbocycles. The Balaban J connectivity index is 2.67. The third-order valence-electron chi connectivity index (χ3n) is 3.49. The third-order valence-corrected chi connectivity index (χ3v) is 3.49. The Morgan fingerprint density at radius 2 is 1.78 bits per heavy atom.